The summed E-state index contributed by atoms with van der Waals surface area (Å²) in [6.45, 7) is 2.05. The Balaban J connectivity index is 1.71. The lowest BCUT2D eigenvalue weighted by Crippen LogP contribution is -2.41. The van der Waals surface area contributed by atoms with Gasteiger partial charge in [0.2, 0.25) is 5.91 Å². The number of nitrogens with one attached hydrogen (secondary N) is 1. The fourth-order valence-corrected chi connectivity index (χ4v) is 4.24. The molecule has 1 aliphatic rings. The van der Waals surface area contributed by atoms with Crippen LogP contribution in [0.1, 0.15) is 22.3 Å². The first-order chi connectivity index (χ1) is 13.5. The Labute approximate surface area is 170 Å². The third-order valence-corrected chi connectivity index (χ3v) is 5.85. The van der Waals surface area contributed by atoms with Gasteiger partial charge in [0.15, 0.2) is 0 Å². The molecular weight excluding hydrogens is 370 g/mol. The van der Waals surface area contributed by atoms with E-state index in [0.29, 0.717) is 29.3 Å². The maximum absolute atomic E-state index is 13.6. The highest BCUT2D eigenvalue weighted by Crippen LogP contribution is 2.41. The lowest BCUT2D eigenvalue weighted by Gasteiger charge is -2.29. The van der Waals surface area contributed by atoms with Crippen molar-refractivity contribution in [2.75, 3.05) is 12.4 Å². The quantitative estimate of drug-likeness (QED) is 0.652. The Morgan fingerprint density at radius 1 is 1.00 bits per heavy atom. The van der Waals surface area contributed by atoms with Crippen LogP contribution in [0.3, 0.4) is 0 Å². The van der Waals surface area contributed by atoms with E-state index in [1.165, 1.54) is 16.7 Å². The first kappa shape index (κ1) is 18.6. The van der Waals surface area contributed by atoms with Crippen LogP contribution in [0.2, 0.25) is 5.02 Å². The molecule has 0 aliphatic heterocycles. The number of benzene rings is 3. The Morgan fingerprint density at radius 2 is 1.64 bits per heavy atom. The van der Waals surface area contributed by atoms with Gasteiger partial charge in [-0.1, -0.05) is 65.7 Å². The van der Waals surface area contributed by atoms with Crippen LogP contribution in [0.5, 0.6) is 5.75 Å². The number of ether oxygens (including phenoxy) is 1. The van der Waals surface area contributed by atoms with Crippen LogP contribution in [0.15, 0.2) is 66.7 Å². The molecule has 4 rings (SSSR count). The van der Waals surface area contributed by atoms with E-state index in [2.05, 4.69) is 48.6 Å². The number of methoxy groups -OCH3 is 1. The van der Waals surface area contributed by atoms with E-state index < -0.39 is 5.41 Å². The number of hydrogen-bond donors (Lipinski definition) is 1. The molecule has 3 aromatic carbocycles. The summed E-state index contributed by atoms with van der Waals surface area (Å²) in [6.07, 6.45) is 1.36. The summed E-state index contributed by atoms with van der Waals surface area (Å²) in [4.78, 5) is 13.6. The molecule has 142 valence electrons. The summed E-state index contributed by atoms with van der Waals surface area (Å²) in [5.41, 5.74) is 4.70. The molecule has 0 saturated carbocycles. The lowest BCUT2D eigenvalue weighted by molar-refractivity contribution is -0.121. The fraction of sp³-hybridized carbons (Fsp3) is 0.208. The van der Waals surface area contributed by atoms with Gasteiger partial charge in [0.1, 0.15) is 5.75 Å². The van der Waals surface area contributed by atoms with Crippen molar-refractivity contribution < 1.29 is 9.53 Å². The number of carbonyl (C=O) groups excluding carboxylic acids is 1. The van der Waals surface area contributed by atoms with E-state index in [0.717, 1.165) is 5.56 Å². The molecule has 4 heteroatoms. The maximum atomic E-state index is 13.6. The molecule has 0 radical (unpaired) electrons. The molecule has 1 aliphatic carbocycles. The number of anilines is 1. The summed E-state index contributed by atoms with van der Waals surface area (Å²) in [5, 5.41) is 3.56. The molecule has 0 fully saturated rings. The van der Waals surface area contributed by atoms with Gasteiger partial charge in [-0.2, -0.15) is 0 Å². The number of hydrogen-bond acceptors (Lipinski definition) is 2. The maximum Gasteiger partial charge on any atom is 0.235 e. The van der Waals surface area contributed by atoms with Crippen LogP contribution in [0, 0.1) is 6.92 Å². The van der Waals surface area contributed by atoms with Crippen LogP contribution in [0.25, 0.3) is 0 Å². The third kappa shape index (κ3) is 3.27. The number of rotatable bonds is 4. The number of halogens is 1. The molecular formula is C24H22ClNO2. The van der Waals surface area contributed by atoms with Crippen LogP contribution in [0.4, 0.5) is 5.69 Å². The first-order valence-corrected chi connectivity index (χ1v) is 9.68. The summed E-state index contributed by atoms with van der Waals surface area (Å²) in [6, 6.07) is 21.9. The molecule has 0 bridgehead atoms. The number of aryl methyl sites for hydroxylation is 1. The first-order valence-electron chi connectivity index (χ1n) is 9.31. The average molecular weight is 392 g/mol. The monoisotopic (exact) mass is 391 g/mol. The zero-order valence-corrected chi connectivity index (χ0v) is 16.7. The normalized spacial score (nSPS) is 14.4. The number of carbonyl (C=O) groups is 1. The SMILES string of the molecule is COc1ccc(NC(=O)C2(c3ccc(C)cc3)Cc3ccccc3C2)cc1Cl. The molecule has 0 aromatic heterocycles. The molecule has 28 heavy (non-hydrogen) atoms. The Morgan fingerprint density at radius 3 is 2.21 bits per heavy atom. The minimum Gasteiger partial charge on any atom is -0.495 e. The third-order valence-electron chi connectivity index (χ3n) is 5.55. The highest BCUT2D eigenvalue weighted by Gasteiger charge is 2.45. The largest absolute Gasteiger partial charge is 0.495 e. The lowest BCUT2D eigenvalue weighted by atomic mass is 9.76. The van der Waals surface area contributed by atoms with Crippen molar-refractivity contribution >= 4 is 23.2 Å². The highest BCUT2D eigenvalue weighted by molar-refractivity contribution is 6.32. The smallest absolute Gasteiger partial charge is 0.235 e. The van der Waals surface area contributed by atoms with Crippen molar-refractivity contribution in [3.05, 3.63) is 94.0 Å². The predicted molar refractivity (Wildman–Crippen MR) is 113 cm³/mol. The molecule has 1 N–H and O–H groups in total. The minimum atomic E-state index is -0.635. The van der Waals surface area contributed by atoms with Gasteiger partial charge in [0.05, 0.1) is 17.5 Å². The van der Waals surface area contributed by atoms with Crippen LogP contribution in [-0.2, 0) is 23.1 Å². The standard InChI is InChI=1S/C24H22ClNO2/c1-16-7-9-19(10-8-16)24(14-17-5-3-4-6-18(17)15-24)23(27)26-20-11-12-22(28-2)21(25)13-20/h3-13H,14-15H2,1-2H3,(H,26,27). The second-order valence-electron chi connectivity index (χ2n) is 7.37. The van der Waals surface area contributed by atoms with Crippen molar-refractivity contribution in [3.63, 3.8) is 0 Å². The van der Waals surface area contributed by atoms with Gasteiger partial charge in [0.25, 0.3) is 0 Å². The fourth-order valence-electron chi connectivity index (χ4n) is 3.98. The van der Waals surface area contributed by atoms with Gasteiger partial charge in [-0.15, -0.1) is 0 Å². The van der Waals surface area contributed by atoms with Crippen LogP contribution in [-0.4, -0.2) is 13.0 Å². The van der Waals surface area contributed by atoms with Gasteiger partial charge in [0, 0.05) is 5.69 Å². The van der Waals surface area contributed by atoms with E-state index >= 15 is 0 Å². The molecule has 0 heterocycles. The van der Waals surface area contributed by atoms with E-state index in [4.69, 9.17) is 16.3 Å². The minimum absolute atomic E-state index is 0.0196. The van der Waals surface area contributed by atoms with E-state index in [-0.39, 0.29) is 5.91 Å². The zero-order chi connectivity index (χ0) is 19.7. The summed E-state index contributed by atoms with van der Waals surface area (Å²) < 4.78 is 5.20. The molecule has 0 atom stereocenters. The van der Waals surface area contributed by atoms with Gasteiger partial charge in [-0.25, -0.2) is 0 Å². The van der Waals surface area contributed by atoms with Gasteiger partial charge in [-0.05, 0) is 54.7 Å². The van der Waals surface area contributed by atoms with Crippen LogP contribution < -0.4 is 10.1 Å². The molecule has 0 unspecified atom stereocenters. The summed E-state index contributed by atoms with van der Waals surface area (Å²) >= 11 is 6.24. The van der Waals surface area contributed by atoms with E-state index in [1.807, 2.05) is 18.2 Å². The second-order valence-corrected chi connectivity index (χ2v) is 7.78. The van der Waals surface area contributed by atoms with Gasteiger partial charge in [-0.3, -0.25) is 4.79 Å². The Hall–Kier alpha value is -2.78. The van der Waals surface area contributed by atoms with Gasteiger partial charge < -0.3 is 10.1 Å². The van der Waals surface area contributed by atoms with E-state index in [1.54, 1.807) is 19.2 Å². The summed E-state index contributed by atoms with van der Waals surface area (Å²) in [5.74, 6) is 0.565. The van der Waals surface area contributed by atoms with Crippen LogP contribution >= 0.6 is 11.6 Å². The molecule has 3 aromatic rings. The van der Waals surface area contributed by atoms with Crippen molar-refractivity contribution in [1.29, 1.82) is 0 Å². The Kier molecular flexibility index (Phi) is 4.86. The van der Waals surface area contributed by atoms with E-state index in [9.17, 15) is 4.79 Å². The number of amides is 1. The van der Waals surface area contributed by atoms with Gasteiger partial charge >= 0.3 is 0 Å². The Bertz CT molecular complexity index is 1000. The van der Waals surface area contributed by atoms with Crippen molar-refractivity contribution in [3.8, 4) is 5.75 Å². The molecule has 0 saturated heterocycles. The molecule has 0 spiro atoms. The van der Waals surface area contributed by atoms with Crippen molar-refractivity contribution in [2.45, 2.75) is 25.2 Å². The number of fused-ring (bicyclic) bond motifs is 1. The molecule has 3 nitrogen and oxygen atoms in total. The summed E-state index contributed by atoms with van der Waals surface area (Å²) in [7, 11) is 1.57. The zero-order valence-electron chi connectivity index (χ0n) is 16.0. The topological polar surface area (TPSA) is 38.3 Å². The predicted octanol–water partition coefficient (Wildman–Crippen LogP) is 5.33. The molecule has 1 amide bonds. The highest BCUT2D eigenvalue weighted by atomic mass is 35.5. The average Bonchev–Trinajstić information content (AvgIpc) is 3.09. The second kappa shape index (κ2) is 7.33. The van der Waals surface area contributed by atoms with Crippen molar-refractivity contribution in [1.82, 2.24) is 0 Å². The van der Waals surface area contributed by atoms with Crippen molar-refractivity contribution in [2.24, 2.45) is 0 Å².